The van der Waals surface area contributed by atoms with Gasteiger partial charge in [0.05, 0.1) is 12.2 Å². The van der Waals surface area contributed by atoms with Gasteiger partial charge in [-0.2, -0.15) is 17.6 Å². The highest BCUT2D eigenvalue weighted by atomic mass is 79.9. The minimum Gasteiger partial charge on any atom is -0.457 e. The highest BCUT2D eigenvalue weighted by molar-refractivity contribution is 9.10. The molecule has 0 bridgehead atoms. The highest BCUT2D eigenvalue weighted by Gasteiger charge is 2.42. The molecule has 0 aliphatic rings. The number of para-hydroxylation sites is 2. The summed E-state index contributed by atoms with van der Waals surface area (Å²) in [7, 11) is 0. The number of halogens is 6. The molecule has 6 aromatic rings. The minimum atomic E-state index is -3.08. The summed E-state index contributed by atoms with van der Waals surface area (Å²) in [6, 6.07) is 44.1. The van der Waals surface area contributed by atoms with Gasteiger partial charge < -0.3 is 23.7 Å². The molecular weight excluding hydrogens is 892 g/mol. The Morgan fingerprint density at radius 3 is 1.20 bits per heavy atom. The first-order valence-electron chi connectivity index (χ1n) is 19.0. The maximum Gasteiger partial charge on any atom is 0.387 e. The quantitative estimate of drug-likeness (QED) is 0.0804. The average molecular weight is 937 g/mol. The lowest BCUT2D eigenvalue weighted by Gasteiger charge is -2.43. The molecule has 0 radical (unpaired) electrons. The SMILES string of the molecule is CC(C)(c1ccc(Br)cc1OC(F)F)C(Cc1cccc(Oc2ccccc2)c1)OC(Cc1cccc(Oc2ccccc2)c1)C(C)(C)c1ccc(Br)cc1OC(F)F. The van der Waals surface area contributed by atoms with Crippen molar-refractivity contribution >= 4 is 31.9 Å². The van der Waals surface area contributed by atoms with Crippen molar-refractivity contribution in [2.24, 2.45) is 0 Å². The zero-order valence-electron chi connectivity index (χ0n) is 32.9. The van der Waals surface area contributed by atoms with Crippen molar-refractivity contribution < 1.29 is 41.2 Å². The lowest BCUT2D eigenvalue weighted by molar-refractivity contribution is -0.0810. The molecule has 0 aliphatic heterocycles. The summed E-state index contributed by atoms with van der Waals surface area (Å²) in [4.78, 5) is 0. The molecule has 6 aromatic carbocycles. The molecule has 0 aromatic heterocycles. The van der Waals surface area contributed by atoms with Gasteiger partial charge in [-0.05, 0) is 96.8 Å². The normalized spacial score (nSPS) is 12.9. The second-order valence-corrected chi connectivity index (χ2v) is 17.0. The van der Waals surface area contributed by atoms with Crippen LogP contribution in [0.1, 0.15) is 49.9 Å². The number of alkyl halides is 4. The van der Waals surface area contributed by atoms with Gasteiger partial charge in [-0.3, -0.25) is 0 Å². The van der Waals surface area contributed by atoms with Gasteiger partial charge >= 0.3 is 13.2 Å². The smallest absolute Gasteiger partial charge is 0.387 e. The molecule has 0 amide bonds. The van der Waals surface area contributed by atoms with E-state index >= 15 is 0 Å². The monoisotopic (exact) mass is 934 g/mol. The first kappa shape index (κ1) is 43.7. The van der Waals surface area contributed by atoms with E-state index < -0.39 is 36.3 Å². The zero-order valence-corrected chi connectivity index (χ0v) is 36.1. The first-order chi connectivity index (χ1) is 28.2. The van der Waals surface area contributed by atoms with Gasteiger partial charge in [0.1, 0.15) is 34.5 Å². The molecule has 308 valence electrons. The summed E-state index contributed by atoms with van der Waals surface area (Å²) in [5.41, 5.74) is 0.701. The molecular formula is C48H44Br2F4O5. The van der Waals surface area contributed by atoms with E-state index in [2.05, 4.69) is 31.9 Å². The Kier molecular flexibility index (Phi) is 14.4. The molecule has 2 atom stereocenters. The molecule has 5 nitrogen and oxygen atoms in total. The van der Waals surface area contributed by atoms with Crippen molar-refractivity contribution in [1.82, 2.24) is 0 Å². The molecule has 0 saturated carbocycles. The number of rotatable bonds is 18. The third kappa shape index (κ3) is 11.7. The zero-order chi connectivity index (χ0) is 42.2. The fraction of sp³-hybridized carbons (Fsp3) is 0.250. The second kappa shape index (κ2) is 19.5. The largest absolute Gasteiger partial charge is 0.457 e. The van der Waals surface area contributed by atoms with Crippen LogP contribution < -0.4 is 18.9 Å². The van der Waals surface area contributed by atoms with Gasteiger partial charge in [-0.1, -0.05) is 132 Å². The summed E-state index contributed by atoms with van der Waals surface area (Å²) in [6.07, 6.45) is -0.849. The van der Waals surface area contributed by atoms with Crippen molar-refractivity contribution in [3.63, 3.8) is 0 Å². The van der Waals surface area contributed by atoms with E-state index in [9.17, 15) is 17.6 Å². The first-order valence-corrected chi connectivity index (χ1v) is 20.5. The predicted molar refractivity (Wildman–Crippen MR) is 230 cm³/mol. The van der Waals surface area contributed by atoms with Crippen LogP contribution in [0.4, 0.5) is 17.6 Å². The van der Waals surface area contributed by atoms with E-state index in [-0.39, 0.29) is 11.5 Å². The standard InChI is InChI=1S/C48H44Br2F4O5/c1-47(2,39-23-21-33(49)29-41(39)57-45(51)52)43(27-31-13-11-19-37(25-31)55-35-15-7-5-8-16-35)59-44(48(3,4)40-24-22-34(50)30-42(40)58-46(53)54)28-32-14-12-20-38(26-32)56-36-17-9-6-10-18-36/h5-26,29-30,43-46H,27-28H2,1-4H3. The Hall–Kier alpha value is -4.84. The van der Waals surface area contributed by atoms with Crippen LogP contribution in [0.3, 0.4) is 0 Å². The summed E-state index contributed by atoms with van der Waals surface area (Å²) in [6.45, 7) is 1.54. The van der Waals surface area contributed by atoms with Crippen LogP contribution in [-0.2, 0) is 28.4 Å². The Balaban J connectivity index is 1.47. The van der Waals surface area contributed by atoms with E-state index in [1.54, 1.807) is 24.3 Å². The fourth-order valence-corrected chi connectivity index (χ4v) is 7.77. The lowest BCUT2D eigenvalue weighted by Crippen LogP contribution is -2.47. The lowest BCUT2D eigenvalue weighted by atomic mass is 9.74. The van der Waals surface area contributed by atoms with Crippen molar-refractivity contribution in [1.29, 1.82) is 0 Å². The molecule has 0 N–H and O–H groups in total. The van der Waals surface area contributed by atoms with E-state index in [1.807, 2.05) is 137 Å². The molecule has 0 aliphatic carbocycles. The van der Waals surface area contributed by atoms with Crippen LogP contribution in [0.2, 0.25) is 0 Å². The molecule has 6 rings (SSSR count). The van der Waals surface area contributed by atoms with Crippen molar-refractivity contribution in [3.8, 4) is 34.5 Å². The van der Waals surface area contributed by atoms with Gasteiger partial charge in [0.2, 0.25) is 0 Å². The minimum absolute atomic E-state index is 0.00348. The van der Waals surface area contributed by atoms with Crippen molar-refractivity contribution in [2.75, 3.05) is 0 Å². The highest BCUT2D eigenvalue weighted by Crippen LogP contribution is 2.44. The van der Waals surface area contributed by atoms with Crippen LogP contribution in [0, 0.1) is 0 Å². The number of ether oxygens (including phenoxy) is 5. The van der Waals surface area contributed by atoms with Gasteiger partial charge in [0.15, 0.2) is 0 Å². The molecule has 0 heterocycles. The topological polar surface area (TPSA) is 46.2 Å². The summed E-state index contributed by atoms with van der Waals surface area (Å²) < 4.78 is 87.0. The van der Waals surface area contributed by atoms with Gasteiger partial charge in [-0.25, -0.2) is 0 Å². The van der Waals surface area contributed by atoms with Crippen molar-refractivity contribution in [2.45, 2.75) is 76.8 Å². The molecule has 59 heavy (non-hydrogen) atoms. The summed E-state index contributed by atoms with van der Waals surface area (Å²) >= 11 is 6.83. The van der Waals surface area contributed by atoms with Crippen LogP contribution in [0.5, 0.6) is 34.5 Å². The summed E-state index contributed by atoms with van der Waals surface area (Å²) in [5.74, 6) is 2.53. The Labute approximate surface area is 359 Å². The average Bonchev–Trinajstić information content (AvgIpc) is 3.18. The Morgan fingerprint density at radius 2 is 0.831 bits per heavy atom. The van der Waals surface area contributed by atoms with Crippen LogP contribution in [0.25, 0.3) is 0 Å². The molecule has 2 unspecified atom stereocenters. The van der Waals surface area contributed by atoms with E-state index in [1.165, 1.54) is 12.1 Å². The third-order valence-corrected chi connectivity index (χ3v) is 11.2. The van der Waals surface area contributed by atoms with Gasteiger partial charge in [0, 0.05) is 30.9 Å². The van der Waals surface area contributed by atoms with Crippen LogP contribution in [0.15, 0.2) is 155 Å². The maximum absolute atomic E-state index is 14.0. The van der Waals surface area contributed by atoms with E-state index in [4.69, 9.17) is 23.7 Å². The van der Waals surface area contributed by atoms with Gasteiger partial charge in [-0.15, -0.1) is 0 Å². The van der Waals surface area contributed by atoms with E-state index in [0.29, 0.717) is 55.9 Å². The number of hydrogen-bond acceptors (Lipinski definition) is 5. The predicted octanol–water partition coefficient (Wildman–Crippen LogP) is 14.5. The summed E-state index contributed by atoms with van der Waals surface area (Å²) in [5, 5.41) is 0. The molecule has 11 heteroatoms. The third-order valence-electron chi connectivity index (χ3n) is 10.2. The molecule has 0 saturated heterocycles. The van der Waals surface area contributed by atoms with Gasteiger partial charge in [0.25, 0.3) is 0 Å². The Bertz CT molecular complexity index is 2130. The number of benzene rings is 6. The van der Waals surface area contributed by atoms with Crippen LogP contribution in [-0.4, -0.2) is 25.4 Å². The second-order valence-electron chi connectivity index (χ2n) is 15.1. The van der Waals surface area contributed by atoms with E-state index in [0.717, 1.165) is 11.1 Å². The maximum atomic E-state index is 14.0. The fourth-order valence-electron chi connectivity index (χ4n) is 7.09. The Morgan fingerprint density at radius 1 is 0.458 bits per heavy atom. The molecule has 0 fully saturated rings. The van der Waals surface area contributed by atoms with Crippen molar-refractivity contribution in [3.05, 3.63) is 177 Å². The molecule has 0 spiro atoms. The number of hydrogen-bond donors (Lipinski definition) is 0. The van der Waals surface area contributed by atoms with Crippen LogP contribution >= 0.6 is 31.9 Å².